The van der Waals surface area contributed by atoms with Gasteiger partial charge in [0.1, 0.15) is 23.0 Å². The van der Waals surface area contributed by atoms with Crippen LogP contribution in [0, 0.1) is 42.2 Å². The molecule has 42 heavy (non-hydrogen) atoms. The summed E-state index contributed by atoms with van der Waals surface area (Å²) in [5.41, 5.74) is 8.70. The Bertz CT molecular complexity index is 1700. The zero-order valence-corrected chi connectivity index (χ0v) is 23.6. The Labute approximate surface area is 242 Å². The highest BCUT2D eigenvalue weighted by Crippen LogP contribution is 2.45. The van der Waals surface area contributed by atoms with E-state index in [1.165, 1.54) is 12.1 Å². The molecule has 3 aromatic carbocycles. The van der Waals surface area contributed by atoms with E-state index in [1.54, 1.807) is 36.4 Å². The summed E-state index contributed by atoms with van der Waals surface area (Å²) in [7, 11) is 2.25. The van der Waals surface area contributed by atoms with E-state index in [2.05, 4.69) is 6.07 Å². The van der Waals surface area contributed by atoms with Crippen LogP contribution < -0.4 is 15.4 Å². The van der Waals surface area contributed by atoms with E-state index < -0.39 is 22.8 Å². The minimum absolute atomic E-state index is 0.0141. The van der Waals surface area contributed by atoms with Gasteiger partial charge in [-0.2, -0.15) is 5.26 Å². The molecule has 0 aromatic heterocycles. The van der Waals surface area contributed by atoms with Crippen molar-refractivity contribution >= 4 is 23.3 Å². The van der Waals surface area contributed by atoms with Gasteiger partial charge in [-0.05, 0) is 49.1 Å². The van der Waals surface area contributed by atoms with Crippen LogP contribution in [0.2, 0.25) is 0 Å². The molecule has 1 atom stereocenters. The van der Waals surface area contributed by atoms with Gasteiger partial charge in [0.05, 0.1) is 54.0 Å². The molecule has 0 saturated carbocycles. The van der Waals surface area contributed by atoms with Crippen LogP contribution in [0.3, 0.4) is 0 Å². The summed E-state index contributed by atoms with van der Waals surface area (Å²) in [6, 6.07) is 18.2. The number of allylic oxidation sites excluding steroid dienone is 1. The molecular weight excluding hydrogens is 540 g/mol. The van der Waals surface area contributed by atoms with E-state index in [0.29, 0.717) is 11.3 Å². The summed E-state index contributed by atoms with van der Waals surface area (Å²) in [5, 5.41) is 22.3. The molecule has 11 heteroatoms. The van der Waals surface area contributed by atoms with Crippen LogP contribution in [-0.4, -0.2) is 31.1 Å². The van der Waals surface area contributed by atoms with Crippen LogP contribution in [0.25, 0.3) is 0 Å². The summed E-state index contributed by atoms with van der Waals surface area (Å²) in [5.74, 6) is -2.66. The number of nitriles is 1. The second-order valence-corrected chi connectivity index (χ2v) is 9.58. The lowest BCUT2D eigenvalue weighted by Crippen LogP contribution is -2.40. The van der Waals surface area contributed by atoms with Gasteiger partial charge in [-0.3, -0.25) is 15.0 Å². The molecule has 1 heterocycles. The topological polar surface area (TPSA) is 158 Å². The Hall–Kier alpha value is -5.63. The number of nitro groups is 1. The van der Waals surface area contributed by atoms with Crippen molar-refractivity contribution in [3.8, 4) is 17.6 Å². The number of aryl methyl sites for hydroxylation is 2. The van der Waals surface area contributed by atoms with Gasteiger partial charge in [-0.15, -0.1) is 0 Å². The number of anilines is 1. The number of nitrogens with two attached hydrogens (primary N) is 1. The maximum atomic E-state index is 13.4. The number of benzene rings is 3. The van der Waals surface area contributed by atoms with E-state index in [4.69, 9.17) is 19.9 Å². The van der Waals surface area contributed by atoms with Gasteiger partial charge in [-0.25, -0.2) is 9.59 Å². The van der Waals surface area contributed by atoms with E-state index in [1.807, 2.05) is 26.8 Å². The number of hydrogen-bond donors (Lipinski definition) is 1. The summed E-state index contributed by atoms with van der Waals surface area (Å²) in [4.78, 5) is 39.1. The molecule has 11 nitrogen and oxygen atoms in total. The second kappa shape index (κ2) is 11.9. The predicted molar refractivity (Wildman–Crippen MR) is 153 cm³/mol. The maximum Gasteiger partial charge on any atom is 0.355 e. The quantitative estimate of drug-likeness (QED) is 0.228. The minimum Gasteiger partial charge on any atom is -0.466 e. The standard InChI is InChI=1S/C31H28N4O7/c1-17-11-18(2)19(3)25(12-17)42-23-14-21(13-22(15-23)35(38)39)34-28(31(37)41-5)27(30(36)40-4)26(24(16-32)29(34)33)20-9-7-6-8-10-20/h6-15,26H,33H2,1-5H3. The molecule has 0 radical (unpaired) electrons. The number of nitro benzene ring substituents is 1. The first kappa shape index (κ1) is 29.4. The van der Waals surface area contributed by atoms with Crippen molar-refractivity contribution < 1.29 is 28.7 Å². The summed E-state index contributed by atoms with van der Waals surface area (Å²) in [6.07, 6.45) is 0. The van der Waals surface area contributed by atoms with Crippen LogP contribution in [0.4, 0.5) is 11.4 Å². The van der Waals surface area contributed by atoms with Crippen LogP contribution >= 0.6 is 0 Å². The molecule has 0 spiro atoms. The number of rotatable bonds is 7. The predicted octanol–water partition coefficient (Wildman–Crippen LogP) is 5.21. The van der Waals surface area contributed by atoms with E-state index in [-0.39, 0.29) is 39.8 Å². The maximum absolute atomic E-state index is 13.4. The zero-order chi connectivity index (χ0) is 30.7. The third-order valence-electron chi connectivity index (χ3n) is 6.95. The molecule has 1 aliphatic heterocycles. The number of esters is 2. The Kier molecular flexibility index (Phi) is 8.29. The Morgan fingerprint density at radius 3 is 2.26 bits per heavy atom. The molecule has 2 N–H and O–H groups in total. The van der Waals surface area contributed by atoms with Crippen molar-refractivity contribution in [3.05, 3.63) is 116 Å². The molecule has 0 aliphatic carbocycles. The second-order valence-electron chi connectivity index (χ2n) is 9.58. The molecule has 0 bridgehead atoms. The van der Waals surface area contributed by atoms with Gasteiger partial charge in [0.15, 0.2) is 0 Å². The lowest BCUT2D eigenvalue weighted by Gasteiger charge is -2.35. The molecule has 0 amide bonds. The molecule has 1 unspecified atom stereocenters. The number of carbonyl (C=O) groups excluding carboxylic acids is 2. The molecule has 3 aromatic rings. The monoisotopic (exact) mass is 568 g/mol. The Balaban J connectivity index is 2.03. The third-order valence-corrected chi connectivity index (χ3v) is 6.95. The van der Waals surface area contributed by atoms with Crippen molar-refractivity contribution in [3.63, 3.8) is 0 Å². The van der Waals surface area contributed by atoms with Crippen molar-refractivity contribution in [2.45, 2.75) is 26.7 Å². The average molecular weight is 569 g/mol. The van der Waals surface area contributed by atoms with Gasteiger partial charge in [0.2, 0.25) is 0 Å². The number of hydrogen-bond acceptors (Lipinski definition) is 10. The van der Waals surface area contributed by atoms with Crippen LogP contribution in [0.1, 0.15) is 28.2 Å². The molecular formula is C31H28N4O7. The van der Waals surface area contributed by atoms with Gasteiger partial charge >= 0.3 is 11.9 Å². The number of carbonyl (C=O) groups is 2. The van der Waals surface area contributed by atoms with Crippen molar-refractivity contribution in [2.75, 3.05) is 19.1 Å². The smallest absolute Gasteiger partial charge is 0.355 e. The molecule has 0 fully saturated rings. The van der Waals surface area contributed by atoms with Crippen LogP contribution in [-0.2, 0) is 19.1 Å². The SMILES string of the molecule is COC(=O)C1=C(C(=O)OC)N(c2cc(Oc3cc(C)cc(C)c3C)cc([N+](=O)[O-])c2)C(N)=C(C#N)C1c1ccccc1. The molecule has 214 valence electrons. The Morgan fingerprint density at radius 2 is 1.67 bits per heavy atom. The van der Waals surface area contributed by atoms with Crippen molar-refractivity contribution in [1.29, 1.82) is 5.26 Å². The fourth-order valence-electron chi connectivity index (χ4n) is 4.88. The number of methoxy groups -OCH3 is 2. The highest BCUT2D eigenvalue weighted by molar-refractivity contribution is 6.06. The van der Waals surface area contributed by atoms with Gasteiger partial charge in [0.25, 0.3) is 5.69 Å². The first-order valence-corrected chi connectivity index (χ1v) is 12.7. The molecule has 4 rings (SSSR count). The normalized spacial score (nSPS) is 14.8. The first-order chi connectivity index (χ1) is 20.0. The zero-order valence-electron chi connectivity index (χ0n) is 23.6. The van der Waals surface area contributed by atoms with E-state index in [0.717, 1.165) is 41.9 Å². The largest absolute Gasteiger partial charge is 0.466 e. The third kappa shape index (κ3) is 5.38. The summed E-state index contributed by atoms with van der Waals surface area (Å²) >= 11 is 0. The van der Waals surface area contributed by atoms with Crippen LogP contribution in [0.15, 0.2) is 83.3 Å². The van der Waals surface area contributed by atoms with E-state index in [9.17, 15) is 25.0 Å². The number of non-ortho nitro benzene ring substituents is 1. The highest BCUT2D eigenvalue weighted by atomic mass is 16.6. The fourth-order valence-corrected chi connectivity index (χ4v) is 4.88. The lowest BCUT2D eigenvalue weighted by atomic mass is 9.81. The van der Waals surface area contributed by atoms with Crippen LogP contribution in [0.5, 0.6) is 11.5 Å². The highest BCUT2D eigenvalue weighted by Gasteiger charge is 2.43. The lowest BCUT2D eigenvalue weighted by molar-refractivity contribution is -0.384. The number of ether oxygens (including phenoxy) is 3. The summed E-state index contributed by atoms with van der Waals surface area (Å²) in [6.45, 7) is 5.67. The molecule has 1 aliphatic rings. The van der Waals surface area contributed by atoms with Gasteiger partial charge < -0.3 is 19.9 Å². The number of nitrogens with zero attached hydrogens (tertiary/aromatic N) is 3. The fraction of sp³-hybridized carbons (Fsp3) is 0.194. The molecule has 0 saturated heterocycles. The first-order valence-electron chi connectivity index (χ1n) is 12.7. The minimum atomic E-state index is -1.08. The van der Waals surface area contributed by atoms with Gasteiger partial charge in [-0.1, -0.05) is 36.4 Å². The van der Waals surface area contributed by atoms with E-state index >= 15 is 0 Å². The summed E-state index contributed by atoms with van der Waals surface area (Å²) < 4.78 is 16.2. The van der Waals surface area contributed by atoms with Gasteiger partial charge in [0, 0.05) is 12.1 Å². The average Bonchev–Trinajstić information content (AvgIpc) is 2.98. The van der Waals surface area contributed by atoms with Crippen molar-refractivity contribution in [1.82, 2.24) is 0 Å². The Morgan fingerprint density at radius 1 is 1.00 bits per heavy atom. The van der Waals surface area contributed by atoms with Crippen molar-refractivity contribution in [2.24, 2.45) is 5.73 Å².